The third-order valence-corrected chi connectivity index (χ3v) is 12.3. The SMILES string of the molecule is CC(C)(OC(=O)C1C2CCC1C1C3CCC(C3)C21)C12CCC3CCC(CC3C1)C2. The molecule has 7 aliphatic rings. The van der Waals surface area contributed by atoms with Crippen molar-refractivity contribution in [3.05, 3.63) is 0 Å². The topological polar surface area (TPSA) is 26.3 Å². The van der Waals surface area contributed by atoms with E-state index < -0.39 is 0 Å². The maximum atomic E-state index is 13.7. The van der Waals surface area contributed by atoms with Gasteiger partial charge in [-0.1, -0.05) is 6.42 Å². The lowest BCUT2D eigenvalue weighted by molar-refractivity contribution is -0.197. The first-order valence-corrected chi connectivity index (χ1v) is 13.2. The molecule has 7 aliphatic carbocycles. The van der Waals surface area contributed by atoms with Crippen molar-refractivity contribution in [1.82, 2.24) is 0 Å². The molecule has 29 heavy (non-hydrogen) atoms. The Bertz CT molecular complexity index is 698. The van der Waals surface area contributed by atoms with Crippen LogP contribution in [-0.2, 0) is 9.53 Å². The highest BCUT2D eigenvalue weighted by atomic mass is 16.6. The molecule has 0 heterocycles. The smallest absolute Gasteiger partial charge is 0.310 e. The molecule has 0 aromatic carbocycles. The Hall–Kier alpha value is -0.530. The van der Waals surface area contributed by atoms with Gasteiger partial charge in [0.1, 0.15) is 5.60 Å². The van der Waals surface area contributed by atoms with Gasteiger partial charge in [0.25, 0.3) is 0 Å². The summed E-state index contributed by atoms with van der Waals surface area (Å²) in [5, 5.41) is 0. The third-order valence-electron chi connectivity index (χ3n) is 12.3. The predicted octanol–water partition coefficient (Wildman–Crippen LogP) is 6.23. The van der Waals surface area contributed by atoms with E-state index >= 15 is 0 Å². The van der Waals surface area contributed by atoms with Gasteiger partial charge in [-0.05, 0) is 138 Å². The van der Waals surface area contributed by atoms with Crippen LogP contribution in [0.4, 0.5) is 0 Å². The van der Waals surface area contributed by atoms with E-state index in [-0.39, 0.29) is 22.9 Å². The van der Waals surface area contributed by atoms with Crippen LogP contribution in [0.25, 0.3) is 0 Å². The normalized spacial score (nSPS) is 56.6. The summed E-state index contributed by atoms with van der Waals surface area (Å²) in [4.78, 5) is 13.7. The quantitative estimate of drug-likeness (QED) is 0.417. The van der Waals surface area contributed by atoms with Gasteiger partial charge in [-0.2, -0.15) is 0 Å². The average Bonchev–Trinajstić information content (AvgIpc) is 3.44. The van der Waals surface area contributed by atoms with E-state index in [0.29, 0.717) is 11.8 Å². The number of carbonyl (C=O) groups is 1. The zero-order valence-corrected chi connectivity index (χ0v) is 18.6. The lowest BCUT2D eigenvalue weighted by Gasteiger charge is -2.60. The van der Waals surface area contributed by atoms with E-state index in [4.69, 9.17) is 4.74 Å². The number of hydrogen-bond donors (Lipinski definition) is 0. The van der Waals surface area contributed by atoms with Crippen molar-refractivity contribution >= 4 is 5.97 Å². The minimum Gasteiger partial charge on any atom is -0.459 e. The van der Waals surface area contributed by atoms with Crippen LogP contribution in [0.15, 0.2) is 0 Å². The van der Waals surface area contributed by atoms with Crippen LogP contribution in [-0.4, -0.2) is 11.6 Å². The maximum Gasteiger partial charge on any atom is 0.310 e. The fraction of sp³-hybridized carbons (Fsp3) is 0.963. The number of fused-ring (bicyclic) bond motifs is 11. The van der Waals surface area contributed by atoms with Gasteiger partial charge < -0.3 is 4.74 Å². The maximum absolute atomic E-state index is 13.7. The molecular weight excluding hydrogens is 356 g/mol. The lowest BCUT2D eigenvalue weighted by atomic mass is 9.47. The van der Waals surface area contributed by atoms with E-state index in [1.165, 1.54) is 77.0 Å². The second-order valence-corrected chi connectivity index (χ2v) is 13.3. The van der Waals surface area contributed by atoms with Gasteiger partial charge in [-0.15, -0.1) is 0 Å². The molecule has 10 unspecified atom stereocenters. The summed E-state index contributed by atoms with van der Waals surface area (Å²) in [6.07, 6.45) is 16.7. The van der Waals surface area contributed by atoms with E-state index in [2.05, 4.69) is 13.8 Å². The molecule has 2 nitrogen and oxygen atoms in total. The van der Waals surface area contributed by atoms with Crippen molar-refractivity contribution in [2.75, 3.05) is 0 Å². The summed E-state index contributed by atoms with van der Waals surface area (Å²) in [6, 6.07) is 0. The summed E-state index contributed by atoms with van der Waals surface area (Å²) in [5.74, 6) is 8.30. The largest absolute Gasteiger partial charge is 0.459 e. The van der Waals surface area contributed by atoms with Crippen LogP contribution in [0.2, 0.25) is 0 Å². The fourth-order valence-electron chi connectivity index (χ4n) is 11.2. The highest BCUT2D eigenvalue weighted by Gasteiger charge is 2.66. The van der Waals surface area contributed by atoms with E-state index in [0.717, 1.165) is 41.4 Å². The zero-order chi connectivity index (χ0) is 19.5. The van der Waals surface area contributed by atoms with Crippen LogP contribution in [0.1, 0.15) is 90.9 Å². The van der Waals surface area contributed by atoms with Gasteiger partial charge in [-0.3, -0.25) is 4.79 Å². The molecule has 7 rings (SSSR count). The molecule has 160 valence electrons. The zero-order valence-electron chi connectivity index (χ0n) is 18.6. The summed E-state index contributed by atoms with van der Waals surface area (Å²) in [5.41, 5.74) is -0.0147. The van der Waals surface area contributed by atoms with Gasteiger partial charge in [0, 0.05) is 5.41 Å². The van der Waals surface area contributed by atoms with Gasteiger partial charge in [0.2, 0.25) is 0 Å². The molecule has 0 spiro atoms. The highest BCUT2D eigenvalue weighted by molar-refractivity contribution is 5.75. The van der Waals surface area contributed by atoms with Gasteiger partial charge >= 0.3 is 5.97 Å². The molecule has 0 aromatic heterocycles. The molecule has 7 bridgehead atoms. The first-order valence-electron chi connectivity index (χ1n) is 13.2. The number of rotatable bonds is 3. The fourth-order valence-corrected chi connectivity index (χ4v) is 11.2. The van der Waals surface area contributed by atoms with Crippen molar-refractivity contribution in [1.29, 1.82) is 0 Å². The summed E-state index contributed by atoms with van der Waals surface area (Å²) >= 11 is 0. The Morgan fingerprint density at radius 3 is 2.21 bits per heavy atom. The lowest BCUT2D eigenvalue weighted by Crippen LogP contribution is -2.56. The molecule has 0 radical (unpaired) electrons. The average molecular weight is 397 g/mol. The minimum absolute atomic E-state index is 0.225. The van der Waals surface area contributed by atoms with Gasteiger partial charge in [-0.25, -0.2) is 0 Å². The van der Waals surface area contributed by atoms with E-state index in [1.807, 2.05) is 0 Å². The molecule has 0 N–H and O–H groups in total. The predicted molar refractivity (Wildman–Crippen MR) is 113 cm³/mol. The number of ether oxygens (including phenoxy) is 1. The van der Waals surface area contributed by atoms with Crippen LogP contribution in [0, 0.1) is 64.6 Å². The Morgan fingerprint density at radius 1 is 0.793 bits per heavy atom. The standard InChI is InChI=1S/C27H40O2/c1-26(2,27-10-9-16-4-3-15(13-27)11-19(16)14-27)29-25(28)24-20-7-8-21(24)23-18-6-5-17(12-18)22(20)23/h15-24H,3-14H2,1-2H3. The molecule has 7 fully saturated rings. The monoisotopic (exact) mass is 396 g/mol. The molecule has 0 amide bonds. The van der Waals surface area contributed by atoms with Crippen molar-refractivity contribution < 1.29 is 9.53 Å². The summed E-state index contributed by atoms with van der Waals surface area (Å²) < 4.78 is 6.64. The minimum atomic E-state index is -0.278. The van der Waals surface area contributed by atoms with Gasteiger partial charge in [0.15, 0.2) is 0 Å². The Labute approximate surface area is 176 Å². The first kappa shape index (κ1) is 18.1. The van der Waals surface area contributed by atoms with Crippen molar-refractivity contribution in [2.24, 2.45) is 64.6 Å². The highest BCUT2D eigenvalue weighted by Crippen LogP contribution is 2.70. The Balaban J connectivity index is 1.13. The molecule has 10 atom stereocenters. The van der Waals surface area contributed by atoms with Gasteiger partial charge in [0.05, 0.1) is 5.92 Å². The molecular formula is C27H40O2. The Kier molecular flexibility index (Phi) is 3.63. The summed E-state index contributed by atoms with van der Waals surface area (Å²) in [6.45, 7) is 4.60. The van der Waals surface area contributed by atoms with E-state index in [1.54, 1.807) is 0 Å². The van der Waals surface area contributed by atoms with Crippen LogP contribution in [0.5, 0.6) is 0 Å². The molecule has 0 aliphatic heterocycles. The van der Waals surface area contributed by atoms with Crippen LogP contribution >= 0.6 is 0 Å². The summed E-state index contributed by atoms with van der Waals surface area (Å²) in [7, 11) is 0. The Morgan fingerprint density at radius 2 is 1.48 bits per heavy atom. The number of esters is 1. The molecule has 2 heteroatoms. The van der Waals surface area contributed by atoms with Crippen molar-refractivity contribution in [2.45, 2.75) is 96.5 Å². The van der Waals surface area contributed by atoms with E-state index in [9.17, 15) is 4.79 Å². The second kappa shape index (κ2) is 5.83. The van der Waals surface area contributed by atoms with Crippen LogP contribution in [0.3, 0.4) is 0 Å². The molecule has 0 aromatic rings. The third kappa shape index (κ3) is 2.28. The first-order chi connectivity index (χ1) is 14.0. The number of hydrogen-bond acceptors (Lipinski definition) is 2. The second-order valence-electron chi connectivity index (χ2n) is 13.3. The molecule has 7 saturated carbocycles. The van der Waals surface area contributed by atoms with Crippen molar-refractivity contribution in [3.8, 4) is 0 Å². The molecule has 0 saturated heterocycles. The van der Waals surface area contributed by atoms with Crippen molar-refractivity contribution in [3.63, 3.8) is 0 Å². The number of carbonyl (C=O) groups excluding carboxylic acids is 1. The van der Waals surface area contributed by atoms with Crippen LogP contribution < -0.4 is 0 Å².